The molecule has 0 aliphatic heterocycles. The predicted molar refractivity (Wildman–Crippen MR) is 93.8 cm³/mol. The van der Waals surface area contributed by atoms with E-state index in [4.69, 9.17) is 4.42 Å². The zero-order valence-electron chi connectivity index (χ0n) is 14.7. The van der Waals surface area contributed by atoms with Crippen molar-refractivity contribution in [3.63, 3.8) is 0 Å². The van der Waals surface area contributed by atoms with Crippen LogP contribution in [0.15, 0.2) is 47.1 Å². The smallest absolute Gasteiger partial charge is 0.254 e. The highest BCUT2D eigenvalue weighted by Crippen LogP contribution is 2.13. The summed E-state index contributed by atoms with van der Waals surface area (Å²) >= 11 is 0. The number of nitrogens with zero attached hydrogens (tertiary/aromatic N) is 1. The fourth-order valence-corrected chi connectivity index (χ4v) is 2.61. The second-order valence-electron chi connectivity index (χ2n) is 5.83. The van der Waals surface area contributed by atoms with E-state index in [1.165, 1.54) is 29.4 Å². The number of amides is 2. The van der Waals surface area contributed by atoms with Crippen LogP contribution in [0.4, 0.5) is 4.39 Å². The van der Waals surface area contributed by atoms with Gasteiger partial charge in [-0.15, -0.1) is 0 Å². The molecule has 1 atom stereocenters. The van der Waals surface area contributed by atoms with Crippen molar-refractivity contribution in [2.45, 2.75) is 32.4 Å². The van der Waals surface area contributed by atoms with Crippen molar-refractivity contribution in [1.82, 2.24) is 10.2 Å². The lowest BCUT2D eigenvalue weighted by molar-refractivity contribution is -0.135. The van der Waals surface area contributed by atoms with Crippen LogP contribution in [0.2, 0.25) is 0 Å². The van der Waals surface area contributed by atoms with E-state index >= 15 is 0 Å². The molecule has 2 aromatic rings. The average molecular weight is 362 g/mol. The molecule has 2 N–H and O–H groups in total. The molecule has 2 amide bonds. The lowest BCUT2D eigenvalue weighted by Crippen LogP contribution is -2.42. The van der Waals surface area contributed by atoms with E-state index in [0.29, 0.717) is 12.2 Å². The minimum absolute atomic E-state index is 0.0391. The second-order valence-corrected chi connectivity index (χ2v) is 5.83. The Morgan fingerprint density at radius 3 is 2.65 bits per heavy atom. The number of rotatable bonds is 9. The first-order chi connectivity index (χ1) is 12.6. The number of aliphatic hydroxyl groups excluding tert-OH is 1. The maximum atomic E-state index is 13.6. The Kier molecular flexibility index (Phi) is 7.35. The summed E-state index contributed by atoms with van der Waals surface area (Å²) < 4.78 is 18.9. The van der Waals surface area contributed by atoms with E-state index in [9.17, 15) is 19.1 Å². The molecule has 2 rings (SSSR count). The van der Waals surface area contributed by atoms with Crippen molar-refractivity contribution in [2.75, 3.05) is 13.2 Å². The summed E-state index contributed by atoms with van der Waals surface area (Å²) in [7, 11) is 0. The van der Waals surface area contributed by atoms with Crippen LogP contribution in [0.1, 0.15) is 35.9 Å². The zero-order valence-corrected chi connectivity index (χ0v) is 14.7. The Balaban J connectivity index is 1.94. The lowest BCUT2D eigenvalue weighted by atomic mass is 10.1. The first kappa shape index (κ1) is 19.7. The van der Waals surface area contributed by atoms with E-state index < -0.39 is 11.7 Å². The molecule has 1 aromatic heterocycles. The molecule has 0 saturated carbocycles. The van der Waals surface area contributed by atoms with Crippen LogP contribution < -0.4 is 5.32 Å². The molecule has 0 spiro atoms. The largest absolute Gasteiger partial charge is 0.467 e. The van der Waals surface area contributed by atoms with Gasteiger partial charge in [0.25, 0.3) is 5.91 Å². The van der Waals surface area contributed by atoms with Gasteiger partial charge in [-0.25, -0.2) is 4.39 Å². The van der Waals surface area contributed by atoms with Crippen LogP contribution >= 0.6 is 0 Å². The zero-order chi connectivity index (χ0) is 18.9. The Hall–Kier alpha value is -2.67. The van der Waals surface area contributed by atoms with Crippen LogP contribution in [-0.4, -0.2) is 41.0 Å². The molecule has 0 saturated heterocycles. The molecular formula is C19H23FN2O4. The van der Waals surface area contributed by atoms with Gasteiger partial charge in [-0.2, -0.15) is 0 Å². The topological polar surface area (TPSA) is 82.8 Å². The van der Waals surface area contributed by atoms with Crippen molar-refractivity contribution in [1.29, 1.82) is 0 Å². The Morgan fingerprint density at radius 1 is 1.27 bits per heavy atom. The maximum Gasteiger partial charge on any atom is 0.254 e. The van der Waals surface area contributed by atoms with Crippen LogP contribution in [0, 0.1) is 5.82 Å². The van der Waals surface area contributed by atoms with Gasteiger partial charge in [0.05, 0.1) is 31.0 Å². The van der Waals surface area contributed by atoms with Crippen LogP contribution in [0.25, 0.3) is 0 Å². The highest BCUT2D eigenvalue weighted by molar-refractivity contribution is 5.94. The predicted octanol–water partition coefficient (Wildman–Crippen LogP) is 2.34. The third-order valence-electron chi connectivity index (χ3n) is 4.09. The quantitative estimate of drug-likeness (QED) is 0.717. The van der Waals surface area contributed by atoms with Gasteiger partial charge in [-0.05, 0) is 30.7 Å². The summed E-state index contributed by atoms with van der Waals surface area (Å²) in [5.74, 6) is -0.790. The number of aliphatic hydroxyl groups is 1. The van der Waals surface area contributed by atoms with Gasteiger partial charge < -0.3 is 19.7 Å². The van der Waals surface area contributed by atoms with Crippen LogP contribution in [0.3, 0.4) is 0 Å². The molecule has 7 heteroatoms. The van der Waals surface area contributed by atoms with Crippen molar-refractivity contribution in [3.8, 4) is 0 Å². The molecule has 140 valence electrons. The molecule has 0 radical (unpaired) electrons. The normalized spacial score (nSPS) is 11.8. The summed E-state index contributed by atoms with van der Waals surface area (Å²) in [5, 5.41) is 12.1. The molecule has 26 heavy (non-hydrogen) atoms. The van der Waals surface area contributed by atoms with Gasteiger partial charge in [0.2, 0.25) is 5.91 Å². The number of nitrogens with one attached hydrogen (secondary N) is 1. The summed E-state index contributed by atoms with van der Waals surface area (Å²) in [5.41, 5.74) is -0.0609. The number of benzene rings is 1. The highest BCUT2D eigenvalue weighted by Gasteiger charge is 2.23. The molecule has 1 heterocycles. The summed E-state index contributed by atoms with van der Waals surface area (Å²) in [6.45, 7) is 2.03. The van der Waals surface area contributed by atoms with Crippen LogP contribution in [-0.2, 0) is 11.3 Å². The Bertz CT molecular complexity index is 714. The number of hydrogen-bond donors (Lipinski definition) is 2. The van der Waals surface area contributed by atoms with Crippen molar-refractivity contribution in [2.24, 2.45) is 0 Å². The van der Waals surface area contributed by atoms with Gasteiger partial charge in [0.1, 0.15) is 11.6 Å². The van der Waals surface area contributed by atoms with Gasteiger partial charge in [0.15, 0.2) is 0 Å². The molecule has 0 unspecified atom stereocenters. The Morgan fingerprint density at radius 2 is 2.04 bits per heavy atom. The minimum Gasteiger partial charge on any atom is -0.467 e. The SMILES string of the molecule is CC[C@H](CO)N(Cc1ccco1)C(=O)CCNC(=O)c1ccccc1F. The third kappa shape index (κ3) is 5.16. The van der Waals surface area contributed by atoms with Crippen molar-refractivity contribution in [3.05, 3.63) is 59.8 Å². The van der Waals surface area contributed by atoms with E-state index in [1.54, 1.807) is 18.2 Å². The molecule has 0 aliphatic carbocycles. The Labute approximate surface area is 151 Å². The lowest BCUT2D eigenvalue weighted by Gasteiger charge is -2.29. The molecule has 6 nitrogen and oxygen atoms in total. The van der Waals surface area contributed by atoms with Crippen molar-refractivity contribution < 1.29 is 23.5 Å². The van der Waals surface area contributed by atoms with Gasteiger partial charge in [0, 0.05) is 13.0 Å². The van der Waals surface area contributed by atoms with Crippen LogP contribution in [0.5, 0.6) is 0 Å². The molecule has 1 aromatic carbocycles. The third-order valence-corrected chi connectivity index (χ3v) is 4.09. The molecule has 0 fully saturated rings. The number of halogens is 1. The number of carbonyl (C=O) groups excluding carboxylic acids is 2. The highest BCUT2D eigenvalue weighted by atomic mass is 19.1. The summed E-state index contributed by atoms with van der Waals surface area (Å²) in [4.78, 5) is 26.1. The number of carbonyl (C=O) groups is 2. The second kappa shape index (κ2) is 9.72. The number of hydrogen-bond acceptors (Lipinski definition) is 4. The maximum absolute atomic E-state index is 13.6. The minimum atomic E-state index is -0.609. The van der Waals surface area contributed by atoms with E-state index in [-0.39, 0.29) is 43.6 Å². The fourth-order valence-electron chi connectivity index (χ4n) is 2.61. The van der Waals surface area contributed by atoms with E-state index in [0.717, 1.165) is 0 Å². The molecule has 0 bridgehead atoms. The van der Waals surface area contributed by atoms with Gasteiger partial charge >= 0.3 is 0 Å². The monoisotopic (exact) mass is 362 g/mol. The van der Waals surface area contributed by atoms with Gasteiger partial charge in [-0.3, -0.25) is 9.59 Å². The summed E-state index contributed by atoms with van der Waals surface area (Å²) in [6.07, 6.45) is 2.15. The van der Waals surface area contributed by atoms with E-state index in [1.807, 2.05) is 6.92 Å². The fraction of sp³-hybridized carbons (Fsp3) is 0.368. The number of furan rings is 1. The molecular weight excluding hydrogens is 339 g/mol. The summed E-state index contributed by atoms with van der Waals surface area (Å²) in [6, 6.07) is 8.81. The van der Waals surface area contributed by atoms with Gasteiger partial charge in [-0.1, -0.05) is 19.1 Å². The van der Waals surface area contributed by atoms with Crippen molar-refractivity contribution >= 4 is 11.8 Å². The first-order valence-electron chi connectivity index (χ1n) is 8.52. The standard InChI is InChI=1S/C19H23FN2O4/c1-2-14(13-23)22(12-15-6-5-11-26-15)18(24)9-10-21-19(25)16-7-3-4-8-17(16)20/h3-8,11,14,23H,2,9-10,12-13H2,1H3,(H,21,25)/t14-/m1/s1. The van der Waals surface area contributed by atoms with E-state index in [2.05, 4.69) is 5.32 Å². The molecule has 0 aliphatic rings. The average Bonchev–Trinajstić information content (AvgIpc) is 3.15. The first-order valence-corrected chi connectivity index (χ1v) is 8.52.